The van der Waals surface area contributed by atoms with Crippen LogP contribution in [0.3, 0.4) is 0 Å². The molecule has 2 aliphatic rings. The van der Waals surface area contributed by atoms with Gasteiger partial charge in [-0.2, -0.15) is 0 Å². The first kappa shape index (κ1) is 9.34. The summed E-state index contributed by atoms with van der Waals surface area (Å²) >= 11 is 0. The number of benzene rings is 1. The second-order valence-corrected chi connectivity index (χ2v) is 4.01. The minimum atomic E-state index is -0.340. The fraction of sp³-hybridized carbons (Fsp3) is 0.0769. The molecule has 1 saturated heterocycles. The van der Waals surface area contributed by atoms with E-state index in [0.717, 1.165) is 11.9 Å². The van der Waals surface area contributed by atoms with Crippen molar-refractivity contribution in [2.45, 2.75) is 6.42 Å². The van der Waals surface area contributed by atoms with Gasteiger partial charge in [0.25, 0.3) is 0 Å². The molecule has 0 aromatic heterocycles. The molecule has 1 aliphatic heterocycles. The van der Waals surface area contributed by atoms with Crippen molar-refractivity contribution in [3.05, 3.63) is 65.5 Å². The Hall–Kier alpha value is -1.90. The van der Waals surface area contributed by atoms with Crippen molar-refractivity contribution < 1.29 is 9.31 Å². The van der Waals surface area contributed by atoms with Crippen LogP contribution < -0.4 is 0 Å². The van der Waals surface area contributed by atoms with Crippen LogP contribution in [0.25, 0.3) is 6.08 Å². The van der Waals surface area contributed by atoms with Crippen LogP contribution >= 0.6 is 0 Å². The third-order valence-corrected chi connectivity index (χ3v) is 2.90. The highest BCUT2D eigenvalue weighted by Gasteiger charge is 2.38. The zero-order chi connectivity index (χ0) is 11.1. The third kappa shape index (κ3) is 1.36. The lowest BCUT2D eigenvalue weighted by atomic mass is 9.77. The van der Waals surface area contributed by atoms with Crippen molar-refractivity contribution in [2.24, 2.45) is 0 Å². The van der Waals surface area contributed by atoms with Gasteiger partial charge in [0.15, 0.2) is 0 Å². The minimum absolute atomic E-state index is 0.340. The lowest BCUT2D eigenvalue weighted by molar-refractivity contribution is 0.424. The molecule has 1 aliphatic carbocycles. The van der Waals surface area contributed by atoms with Crippen LogP contribution in [0.4, 0.5) is 0 Å². The van der Waals surface area contributed by atoms with Gasteiger partial charge in [-0.05, 0) is 23.0 Å². The molecule has 1 fully saturated rings. The van der Waals surface area contributed by atoms with E-state index in [1.165, 1.54) is 11.1 Å². The molecule has 0 amide bonds. The van der Waals surface area contributed by atoms with E-state index in [2.05, 4.69) is 31.4 Å². The molecule has 3 rings (SSSR count). The van der Waals surface area contributed by atoms with Crippen molar-refractivity contribution in [3.63, 3.8) is 0 Å². The van der Waals surface area contributed by atoms with Crippen molar-refractivity contribution in [3.8, 4) is 0 Å². The quantitative estimate of drug-likeness (QED) is 0.663. The fourth-order valence-electron chi connectivity index (χ4n) is 2.02. The monoisotopic (exact) mass is 210 g/mol. The Bertz CT molecular complexity index is 500. The molecule has 1 aromatic carbocycles. The van der Waals surface area contributed by atoms with E-state index in [1.807, 2.05) is 12.1 Å². The molecule has 16 heavy (non-hydrogen) atoms. The molecule has 0 N–H and O–H groups in total. The van der Waals surface area contributed by atoms with Crippen molar-refractivity contribution >= 4 is 13.2 Å². The van der Waals surface area contributed by atoms with Crippen molar-refractivity contribution in [1.29, 1.82) is 0 Å². The highest BCUT2D eigenvalue weighted by molar-refractivity contribution is 6.56. The lowest BCUT2D eigenvalue weighted by Gasteiger charge is -2.03. The summed E-state index contributed by atoms with van der Waals surface area (Å²) in [7, 11) is -0.340. The first-order chi connectivity index (χ1) is 7.74. The van der Waals surface area contributed by atoms with Gasteiger partial charge in [0.1, 0.15) is 11.5 Å². The Morgan fingerprint density at radius 3 is 2.44 bits per heavy atom. The number of allylic oxidation sites excluding steroid dienone is 1. The van der Waals surface area contributed by atoms with Crippen LogP contribution in [0.15, 0.2) is 54.4 Å². The molecule has 1 aromatic rings. The molecule has 3 heteroatoms. The van der Waals surface area contributed by atoms with Crippen LogP contribution in [0, 0.1) is 0 Å². The van der Waals surface area contributed by atoms with Crippen molar-refractivity contribution in [1.82, 2.24) is 0 Å². The summed E-state index contributed by atoms with van der Waals surface area (Å²) < 4.78 is 11.0. The van der Waals surface area contributed by atoms with E-state index in [9.17, 15) is 0 Å². The van der Waals surface area contributed by atoms with Gasteiger partial charge in [-0.1, -0.05) is 43.5 Å². The average Bonchev–Trinajstić information content (AvgIpc) is 2.83. The molecule has 78 valence electrons. The van der Waals surface area contributed by atoms with Gasteiger partial charge in [0, 0.05) is 0 Å². The fourth-order valence-corrected chi connectivity index (χ4v) is 2.02. The smallest absolute Gasteiger partial charge is 0.520 e. The zero-order valence-electron chi connectivity index (χ0n) is 8.90. The predicted octanol–water partition coefficient (Wildman–Crippen LogP) is 2.73. The van der Waals surface area contributed by atoms with Gasteiger partial charge < -0.3 is 9.31 Å². The van der Waals surface area contributed by atoms with Gasteiger partial charge in [-0.3, -0.25) is 0 Å². The number of fused-ring (bicyclic) bond motifs is 1. The summed E-state index contributed by atoms with van der Waals surface area (Å²) in [4.78, 5) is 0. The maximum absolute atomic E-state index is 5.50. The SMILES string of the molecule is C=C1OB(C2=Cc3ccccc3C2)OC1=C. The highest BCUT2D eigenvalue weighted by Crippen LogP contribution is 2.32. The molecule has 1 heterocycles. The molecule has 2 nitrogen and oxygen atoms in total. The Morgan fingerprint density at radius 1 is 1.06 bits per heavy atom. The maximum Gasteiger partial charge on any atom is 0.628 e. The topological polar surface area (TPSA) is 18.5 Å². The lowest BCUT2D eigenvalue weighted by Crippen LogP contribution is -2.17. The summed E-state index contributed by atoms with van der Waals surface area (Å²) in [6.45, 7) is 7.46. The zero-order valence-corrected chi connectivity index (χ0v) is 8.90. The van der Waals surface area contributed by atoms with Crippen LogP contribution in [0.1, 0.15) is 11.1 Å². The minimum Gasteiger partial charge on any atom is -0.520 e. The Morgan fingerprint density at radius 2 is 1.75 bits per heavy atom. The first-order valence-corrected chi connectivity index (χ1v) is 5.24. The number of hydrogen-bond acceptors (Lipinski definition) is 2. The highest BCUT2D eigenvalue weighted by atomic mass is 16.6. The Balaban J connectivity index is 1.86. The van der Waals surface area contributed by atoms with Gasteiger partial charge in [-0.25, -0.2) is 0 Å². The molecule has 0 spiro atoms. The number of hydrogen-bond donors (Lipinski definition) is 0. The molecule has 0 bridgehead atoms. The largest absolute Gasteiger partial charge is 0.628 e. The van der Waals surface area contributed by atoms with E-state index in [-0.39, 0.29) is 7.12 Å². The Kier molecular flexibility index (Phi) is 1.93. The van der Waals surface area contributed by atoms with Crippen LogP contribution in [-0.2, 0) is 15.7 Å². The van der Waals surface area contributed by atoms with E-state index >= 15 is 0 Å². The van der Waals surface area contributed by atoms with Crippen molar-refractivity contribution in [2.75, 3.05) is 0 Å². The second kappa shape index (κ2) is 3.30. The predicted molar refractivity (Wildman–Crippen MR) is 64.3 cm³/mol. The van der Waals surface area contributed by atoms with E-state index in [4.69, 9.17) is 9.31 Å². The summed E-state index contributed by atoms with van der Waals surface area (Å²) in [5.41, 5.74) is 3.68. The molecular weight excluding hydrogens is 199 g/mol. The summed E-state index contributed by atoms with van der Waals surface area (Å²) in [6, 6.07) is 8.30. The second-order valence-electron chi connectivity index (χ2n) is 4.01. The summed E-state index contributed by atoms with van der Waals surface area (Å²) in [5.74, 6) is 1.06. The van der Waals surface area contributed by atoms with Crippen LogP contribution in [-0.4, -0.2) is 7.12 Å². The molecule has 0 unspecified atom stereocenters. The van der Waals surface area contributed by atoms with Gasteiger partial charge in [0.05, 0.1) is 0 Å². The molecule has 0 saturated carbocycles. The normalized spacial score (nSPS) is 18.0. The third-order valence-electron chi connectivity index (χ3n) is 2.90. The van der Waals surface area contributed by atoms with Gasteiger partial charge in [0.2, 0.25) is 0 Å². The number of rotatable bonds is 1. The standard InChI is InChI=1S/C13H11BO2/c1-9-10(2)16-14(15-9)13-7-11-5-3-4-6-12(11)8-13/h3-7H,1-2,8H2. The first-order valence-electron chi connectivity index (χ1n) is 5.24. The molecular formula is C13H11BO2. The summed E-state index contributed by atoms with van der Waals surface area (Å²) in [5, 5.41) is 0. The van der Waals surface area contributed by atoms with Crippen LogP contribution in [0.5, 0.6) is 0 Å². The average molecular weight is 210 g/mol. The van der Waals surface area contributed by atoms with E-state index < -0.39 is 0 Å². The summed E-state index contributed by atoms with van der Waals surface area (Å²) in [6.07, 6.45) is 2.99. The molecule has 0 atom stereocenters. The van der Waals surface area contributed by atoms with Gasteiger partial charge in [-0.15, -0.1) is 0 Å². The molecule has 0 radical (unpaired) electrons. The van der Waals surface area contributed by atoms with Crippen LogP contribution in [0.2, 0.25) is 0 Å². The van der Waals surface area contributed by atoms with E-state index in [1.54, 1.807) is 0 Å². The Labute approximate surface area is 95.0 Å². The van der Waals surface area contributed by atoms with Gasteiger partial charge >= 0.3 is 7.12 Å². The van der Waals surface area contributed by atoms with E-state index in [0.29, 0.717) is 11.5 Å². The maximum atomic E-state index is 5.50.